The monoisotopic (exact) mass is 259 g/mol. The first-order valence-electron chi connectivity index (χ1n) is 5.07. The highest BCUT2D eigenvalue weighted by molar-refractivity contribution is 5.91. The Labute approximate surface area is 104 Å². The average molecular weight is 259 g/mol. The van der Waals surface area contributed by atoms with Crippen molar-refractivity contribution in [2.75, 3.05) is 13.6 Å². The fourth-order valence-electron chi connectivity index (χ4n) is 0.915. The van der Waals surface area contributed by atoms with Gasteiger partial charge in [-0.25, -0.2) is 9.59 Å². The first kappa shape index (κ1) is 15.8. The number of likely N-dealkylation sites (N-methyl/N-ethyl adjacent to an activating group) is 1. The van der Waals surface area contributed by atoms with Gasteiger partial charge in [0.2, 0.25) is 5.91 Å². The number of guanidine groups is 1. The molecule has 0 saturated heterocycles. The maximum atomic E-state index is 11.3. The highest BCUT2D eigenvalue weighted by atomic mass is 16.6. The van der Waals surface area contributed by atoms with Crippen molar-refractivity contribution < 1.29 is 19.1 Å². The largest absolute Gasteiger partial charge is 0.391 e. The standard InChI is InChI=1S/C9H17N5O4/c1-14(9(12)13)4-7(16)18-8(17)5(10)2-3-6(11)15/h5H,2-4,10H2,1H3,(H2,11,15)(H3,12,13)/t5-/m0/s1. The molecule has 0 unspecified atom stereocenters. The van der Waals surface area contributed by atoms with Crippen molar-refractivity contribution in [3.8, 4) is 0 Å². The second-order valence-corrected chi connectivity index (χ2v) is 3.65. The molecule has 0 aliphatic carbocycles. The van der Waals surface area contributed by atoms with Crippen LogP contribution in [-0.4, -0.2) is 48.3 Å². The molecule has 7 N–H and O–H groups in total. The van der Waals surface area contributed by atoms with Gasteiger partial charge in [-0.2, -0.15) is 0 Å². The summed E-state index contributed by atoms with van der Waals surface area (Å²) in [5.41, 5.74) is 15.4. The van der Waals surface area contributed by atoms with Gasteiger partial charge in [0.15, 0.2) is 5.96 Å². The van der Waals surface area contributed by atoms with Gasteiger partial charge >= 0.3 is 11.9 Å². The van der Waals surface area contributed by atoms with Crippen LogP contribution in [0.2, 0.25) is 0 Å². The Hall–Kier alpha value is -2.16. The van der Waals surface area contributed by atoms with Gasteiger partial charge in [0.25, 0.3) is 0 Å². The maximum absolute atomic E-state index is 11.3. The fourth-order valence-corrected chi connectivity index (χ4v) is 0.915. The van der Waals surface area contributed by atoms with Crippen molar-refractivity contribution in [1.82, 2.24) is 4.90 Å². The van der Waals surface area contributed by atoms with Gasteiger partial charge in [-0.1, -0.05) is 0 Å². The van der Waals surface area contributed by atoms with Crippen LogP contribution in [0.5, 0.6) is 0 Å². The zero-order valence-corrected chi connectivity index (χ0v) is 10.0. The number of primary amides is 1. The molecule has 0 spiro atoms. The minimum Gasteiger partial charge on any atom is -0.391 e. The van der Waals surface area contributed by atoms with Crippen molar-refractivity contribution in [2.45, 2.75) is 18.9 Å². The first-order valence-corrected chi connectivity index (χ1v) is 5.07. The second-order valence-electron chi connectivity index (χ2n) is 3.65. The molecule has 0 rings (SSSR count). The molecule has 0 fully saturated rings. The molecule has 0 radical (unpaired) electrons. The van der Waals surface area contributed by atoms with Gasteiger partial charge in [-0.15, -0.1) is 0 Å². The van der Waals surface area contributed by atoms with Gasteiger partial charge in [0.05, 0.1) is 0 Å². The lowest BCUT2D eigenvalue weighted by Gasteiger charge is -2.15. The van der Waals surface area contributed by atoms with Gasteiger partial charge in [-0.05, 0) is 6.42 Å². The fraction of sp³-hybridized carbons (Fsp3) is 0.556. The van der Waals surface area contributed by atoms with E-state index < -0.39 is 23.9 Å². The van der Waals surface area contributed by atoms with Gasteiger partial charge < -0.3 is 26.8 Å². The molecule has 9 heteroatoms. The van der Waals surface area contributed by atoms with Crippen molar-refractivity contribution in [1.29, 1.82) is 5.41 Å². The van der Waals surface area contributed by atoms with Crippen LogP contribution in [-0.2, 0) is 19.1 Å². The van der Waals surface area contributed by atoms with Crippen molar-refractivity contribution in [3.05, 3.63) is 0 Å². The number of carbonyl (C=O) groups excluding carboxylic acids is 3. The number of nitrogens with one attached hydrogen (secondary N) is 1. The highest BCUT2D eigenvalue weighted by Crippen LogP contribution is 1.97. The van der Waals surface area contributed by atoms with Gasteiger partial charge in [0.1, 0.15) is 12.6 Å². The number of ether oxygens (including phenoxy) is 1. The lowest BCUT2D eigenvalue weighted by atomic mass is 10.1. The van der Waals surface area contributed by atoms with Crippen LogP contribution in [0.25, 0.3) is 0 Å². The number of nitrogens with two attached hydrogens (primary N) is 3. The highest BCUT2D eigenvalue weighted by Gasteiger charge is 2.20. The zero-order chi connectivity index (χ0) is 14.3. The summed E-state index contributed by atoms with van der Waals surface area (Å²) in [7, 11) is 1.39. The number of hydrogen-bond donors (Lipinski definition) is 4. The molecule has 0 aliphatic rings. The van der Waals surface area contributed by atoms with Crippen LogP contribution in [0.15, 0.2) is 0 Å². The summed E-state index contributed by atoms with van der Waals surface area (Å²) in [6.07, 6.45) is -0.0677. The van der Waals surface area contributed by atoms with Gasteiger partial charge in [-0.3, -0.25) is 10.2 Å². The Kier molecular flexibility index (Phi) is 6.35. The number of rotatable bonds is 6. The Bertz CT molecular complexity index is 357. The van der Waals surface area contributed by atoms with E-state index in [1.165, 1.54) is 7.05 Å². The van der Waals surface area contributed by atoms with E-state index in [-0.39, 0.29) is 25.3 Å². The molecule has 0 aromatic rings. The predicted octanol–water partition coefficient (Wildman–Crippen LogP) is -2.53. The van der Waals surface area contributed by atoms with Crippen LogP contribution in [0.1, 0.15) is 12.8 Å². The van der Waals surface area contributed by atoms with E-state index in [9.17, 15) is 14.4 Å². The smallest absolute Gasteiger partial charge is 0.333 e. The lowest BCUT2D eigenvalue weighted by Crippen LogP contribution is -2.40. The summed E-state index contributed by atoms with van der Waals surface area (Å²) in [5, 5.41) is 7.01. The minimum absolute atomic E-state index is 0.00396. The Morgan fingerprint density at radius 1 is 1.33 bits per heavy atom. The van der Waals surface area contributed by atoms with Crippen LogP contribution in [0.4, 0.5) is 0 Å². The van der Waals surface area contributed by atoms with Gasteiger partial charge in [0, 0.05) is 13.5 Å². The molecule has 0 bridgehead atoms. The van der Waals surface area contributed by atoms with E-state index in [2.05, 4.69) is 4.74 Å². The van der Waals surface area contributed by atoms with E-state index in [4.69, 9.17) is 22.6 Å². The average Bonchev–Trinajstić information content (AvgIpc) is 2.24. The third-order valence-corrected chi connectivity index (χ3v) is 2.00. The molecule has 18 heavy (non-hydrogen) atoms. The molecule has 0 heterocycles. The number of amides is 1. The molecule has 102 valence electrons. The number of nitrogens with zero attached hydrogens (tertiary/aromatic N) is 1. The topological polar surface area (TPSA) is 166 Å². The van der Waals surface area contributed by atoms with E-state index in [1.807, 2.05) is 0 Å². The predicted molar refractivity (Wildman–Crippen MR) is 62.0 cm³/mol. The number of carbonyl (C=O) groups is 3. The van der Waals surface area contributed by atoms with E-state index in [1.54, 1.807) is 0 Å². The number of esters is 2. The van der Waals surface area contributed by atoms with E-state index in [0.29, 0.717) is 0 Å². The molecular formula is C9H17N5O4. The molecule has 0 aliphatic heterocycles. The molecule has 0 aromatic carbocycles. The normalized spacial score (nSPS) is 11.4. The van der Waals surface area contributed by atoms with Crippen molar-refractivity contribution in [3.63, 3.8) is 0 Å². The van der Waals surface area contributed by atoms with E-state index in [0.717, 1.165) is 4.90 Å². The maximum Gasteiger partial charge on any atom is 0.333 e. The molecule has 1 amide bonds. The lowest BCUT2D eigenvalue weighted by molar-refractivity contribution is -0.160. The Balaban J connectivity index is 4.10. The molecule has 1 atom stereocenters. The van der Waals surface area contributed by atoms with Crippen LogP contribution < -0.4 is 17.2 Å². The van der Waals surface area contributed by atoms with Crippen molar-refractivity contribution in [2.24, 2.45) is 17.2 Å². The summed E-state index contributed by atoms with van der Waals surface area (Å²) >= 11 is 0. The SMILES string of the molecule is CN(CC(=O)OC(=O)[C@@H](N)CCC(N)=O)C(=N)N. The number of hydrogen-bond acceptors (Lipinski definition) is 6. The summed E-state index contributed by atoms with van der Waals surface area (Å²) in [6, 6.07) is -1.09. The zero-order valence-electron chi connectivity index (χ0n) is 10.0. The summed E-state index contributed by atoms with van der Waals surface area (Å²) in [5.74, 6) is -2.76. The summed E-state index contributed by atoms with van der Waals surface area (Å²) < 4.78 is 4.42. The third-order valence-electron chi connectivity index (χ3n) is 2.00. The summed E-state index contributed by atoms with van der Waals surface area (Å²) in [6.45, 7) is -0.344. The minimum atomic E-state index is -1.09. The first-order chi connectivity index (χ1) is 8.23. The van der Waals surface area contributed by atoms with Crippen LogP contribution in [0, 0.1) is 5.41 Å². The second kappa shape index (κ2) is 7.22. The van der Waals surface area contributed by atoms with Crippen LogP contribution >= 0.6 is 0 Å². The molecule has 9 nitrogen and oxygen atoms in total. The molecular weight excluding hydrogens is 242 g/mol. The summed E-state index contributed by atoms with van der Waals surface area (Å²) in [4.78, 5) is 34.1. The van der Waals surface area contributed by atoms with E-state index >= 15 is 0 Å². The Morgan fingerprint density at radius 2 is 1.89 bits per heavy atom. The van der Waals surface area contributed by atoms with Crippen molar-refractivity contribution >= 4 is 23.8 Å². The quantitative estimate of drug-likeness (QED) is 0.177. The molecule has 0 aromatic heterocycles. The Morgan fingerprint density at radius 3 is 2.33 bits per heavy atom. The third kappa shape index (κ3) is 6.43. The molecule has 0 saturated carbocycles. The van der Waals surface area contributed by atoms with Crippen LogP contribution in [0.3, 0.4) is 0 Å².